The largest absolute Gasteiger partial charge is 0.391 e. The molecule has 1 atom stereocenters. The number of aryl methyl sites for hydroxylation is 2. The van der Waals surface area contributed by atoms with Crippen LogP contribution in [0.15, 0.2) is 36.7 Å². The quantitative estimate of drug-likeness (QED) is 0.696. The number of anilines is 1. The molecule has 1 aromatic carbocycles. The van der Waals surface area contributed by atoms with E-state index in [0.717, 1.165) is 56.2 Å². The first kappa shape index (κ1) is 19.9. The Balaban J connectivity index is 1.65. The molecule has 1 N–H and O–H groups in total. The van der Waals surface area contributed by atoms with Crippen molar-refractivity contribution in [3.63, 3.8) is 0 Å². The monoisotopic (exact) mass is 393 g/mol. The van der Waals surface area contributed by atoms with Gasteiger partial charge in [-0.25, -0.2) is 9.97 Å². The summed E-state index contributed by atoms with van der Waals surface area (Å²) in [6.45, 7) is 8.35. The third-order valence-corrected chi connectivity index (χ3v) is 5.72. The van der Waals surface area contributed by atoms with Gasteiger partial charge in [0.15, 0.2) is 0 Å². The van der Waals surface area contributed by atoms with Crippen LogP contribution in [0.25, 0.3) is 10.9 Å². The van der Waals surface area contributed by atoms with E-state index in [-0.39, 0.29) is 6.10 Å². The van der Waals surface area contributed by atoms with Crippen LogP contribution in [0.2, 0.25) is 0 Å². The Morgan fingerprint density at radius 2 is 2.10 bits per heavy atom. The molecule has 6 nitrogen and oxygen atoms in total. The maximum Gasteiger partial charge on any atom is 0.133 e. The van der Waals surface area contributed by atoms with Crippen LogP contribution >= 0.6 is 0 Å². The molecule has 0 saturated carbocycles. The lowest BCUT2D eigenvalue weighted by molar-refractivity contribution is 0.153. The van der Waals surface area contributed by atoms with Crippen molar-refractivity contribution >= 4 is 16.7 Å². The van der Waals surface area contributed by atoms with Gasteiger partial charge in [0, 0.05) is 49.5 Å². The van der Waals surface area contributed by atoms with Gasteiger partial charge in [-0.1, -0.05) is 11.6 Å². The van der Waals surface area contributed by atoms with Crippen molar-refractivity contribution in [2.75, 3.05) is 25.0 Å². The van der Waals surface area contributed by atoms with E-state index in [1.54, 1.807) is 0 Å². The van der Waals surface area contributed by atoms with E-state index in [9.17, 15) is 5.11 Å². The number of hydrogen-bond acceptors (Lipinski definition) is 5. The standard InChI is InChI=1S/C23H31N5O/c1-4-27-11-9-24-22(27)16-26(3)14-19-13-18-12-17(2)7-8-21(18)25-23(19)28-10-5-6-20(29)15-28/h7-9,11-13,20,29H,4-6,10,14-16H2,1-3H3/t20-/m1/s1. The highest BCUT2D eigenvalue weighted by molar-refractivity contribution is 5.82. The number of hydrogen-bond donors (Lipinski definition) is 1. The summed E-state index contributed by atoms with van der Waals surface area (Å²) >= 11 is 0. The second kappa shape index (κ2) is 8.51. The Labute approximate surface area is 172 Å². The van der Waals surface area contributed by atoms with Gasteiger partial charge in [0.05, 0.1) is 18.2 Å². The molecule has 1 fully saturated rings. The molecule has 0 aliphatic carbocycles. The normalized spacial score (nSPS) is 17.4. The average Bonchev–Trinajstić information content (AvgIpc) is 3.14. The minimum Gasteiger partial charge on any atom is -0.391 e. The van der Waals surface area contributed by atoms with Crippen molar-refractivity contribution < 1.29 is 5.11 Å². The molecule has 1 aliphatic rings. The Morgan fingerprint density at radius 3 is 2.90 bits per heavy atom. The van der Waals surface area contributed by atoms with Crippen molar-refractivity contribution in [2.24, 2.45) is 0 Å². The van der Waals surface area contributed by atoms with E-state index in [4.69, 9.17) is 4.98 Å². The van der Waals surface area contributed by atoms with Gasteiger partial charge in [0.25, 0.3) is 0 Å². The predicted octanol–water partition coefficient (Wildman–Crippen LogP) is 3.35. The number of aromatic nitrogens is 3. The van der Waals surface area contributed by atoms with Crippen molar-refractivity contribution in [3.8, 4) is 0 Å². The van der Waals surface area contributed by atoms with Crippen LogP contribution in [0.3, 0.4) is 0 Å². The molecule has 1 aliphatic heterocycles. The van der Waals surface area contributed by atoms with E-state index in [1.807, 2.05) is 12.4 Å². The van der Waals surface area contributed by atoms with Crippen molar-refractivity contribution in [1.29, 1.82) is 0 Å². The molecule has 4 rings (SSSR count). The van der Waals surface area contributed by atoms with Crippen LogP contribution in [0.1, 0.15) is 36.7 Å². The van der Waals surface area contributed by atoms with E-state index in [1.165, 1.54) is 16.5 Å². The zero-order valence-corrected chi connectivity index (χ0v) is 17.7. The minimum atomic E-state index is -0.276. The number of aliphatic hydroxyl groups excluding tert-OH is 1. The first-order valence-electron chi connectivity index (χ1n) is 10.6. The van der Waals surface area contributed by atoms with Gasteiger partial charge in [-0.3, -0.25) is 4.90 Å². The molecule has 0 bridgehead atoms. The molecule has 0 radical (unpaired) electrons. The Kier molecular flexibility index (Phi) is 5.83. The zero-order chi connectivity index (χ0) is 20.4. The second-order valence-corrected chi connectivity index (χ2v) is 8.21. The first-order chi connectivity index (χ1) is 14.0. The van der Waals surface area contributed by atoms with Crippen LogP contribution < -0.4 is 4.90 Å². The summed E-state index contributed by atoms with van der Waals surface area (Å²) in [6.07, 6.45) is 5.50. The fourth-order valence-corrected chi connectivity index (χ4v) is 4.23. The molecular formula is C23H31N5O. The van der Waals surface area contributed by atoms with E-state index < -0.39 is 0 Å². The molecule has 0 amide bonds. The van der Waals surface area contributed by atoms with Crippen LogP contribution in [0, 0.1) is 6.92 Å². The molecule has 1 saturated heterocycles. The number of benzene rings is 1. The number of nitrogens with zero attached hydrogens (tertiary/aromatic N) is 5. The molecular weight excluding hydrogens is 362 g/mol. The van der Waals surface area contributed by atoms with Gasteiger partial charge in [0.2, 0.25) is 0 Å². The summed E-state index contributed by atoms with van der Waals surface area (Å²) in [5.41, 5.74) is 3.46. The molecule has 0 unspecified atom stereocenters. The summed E-state index contributed by atoms with van der Waals surface area (Å²) in [5, 5.41) is 11.4. The molecule has 6 heteroatoms. The van der Waals surface area contributed by atoms with Gasteiger partial charge in [-0.2, -0.15) is 0 Å². The van der Waals surface area contributed by atoms with E-state index in [2.05, 4.69) is 64.5 Å². The first-order valence-corrected chi connectivity index (χ1v) is 10.6. The lowest BCUT2D eigenvalue weighted by Gasteiger charge is -2.33. The number of piperidine rings is 1. The van der Waals surface area contributed by atoms with E-state index in [0.29, 0.717) is 6.54 Å². The summed E-state index contributed by atoms with van der Waals surface area (Å²) < 4.78 is 2.18. The number of imidazole rings is 1. The van der Waals surface area contributed by atoms with Crippen LogP contribution in [0.5, 0.6) is 0 Å². The maximum atomic E-state index is 10.2. The minimum absolute atomic E-state index is 0.276. The fourth-order valence-electron chi connectivity index (χ4n) is 4.23. The van der Waals surface area contributed by atoms with Gasteiger partial charge in [-0.15, -0.1) is 0 Å². The number of fused-ring (bicyclic) bond motifs is 1. The number of rotatable bonds is 6. The van der Waals surface area contributed by atoms with Crippen molar-refractivity contribution in [3.05, 3.63) is 53.6 Å². The van der Waals surface area contributed by atoms with Gasteiger partial charge in [0.1, 0.15) is 11.6 Å². The van der Waals surface area contributed by atoms with Crippen LogP contribution in [-0.4, -0.2) is 50.8 Å². The van der Waals surface area contributed by atoms with Gasteiger partial charge < -0.3 is 14.6 Å². The number of aliphatic hydroxyl groups is 1. The summed E-state index contributed by atoms with van der Waals surface area (Å²) in [7, 11) is 2.13. The van der Waals surface area contributed by atoms with Gasteiger partial charge >= 0.3 is 0 Å². The molecule has 0 spiro atoms. The maximum absolute atomic E-state index is 10.2. The zero-order valence-electron chi connectivity index (χ0n) is 17.7. The Morgan fingerprint density at radius 1 is 1.24 bits per heavy atom. The van der Waals surface area contributed by atoms with Crippen molar-refractivity contribution in [2.45, 2.75) is 52.4 Å². The topological polar surface area (TPSA) is 57.4 Å². The Bertz CT molecular complexity index is 983. The third-order valence-electron chi connectivity index (χ3n) is 5.72. The van der Waals surface area contributed by atoms with Crippen LogP contribution in [-0.2, 0) is 19.6 Å². The molecule has 154 valence electrons. The smallest absolute Gasteiger partial charge is 0.133 e. The molecule has 2 aromatic heterocycles. The SMILES string of the molecule is CCn1ccnc1CN(C)Cc1cc2cc(C)ccc2nc1N1CCC[C@@H](O)C1. The highest BCUT2D eigenvalue weighted by Gasteiger charge is 2.22. The lowest BCUT2D eigenvalue weighted by Crippen LogP contribution is -2.39. The average molecular weight is 394 g/mol. The van der Waals surface area contributed by atoms with Gasteiger partial charge in [-0.05, 0) is 51.9 Å². The lowest BCUT2D eigenvalue weighted by atomic mass is 10.1. The molecule has 3 heterocycles. The highest BCUT2D eigenvalue weighted by atomic mass is 16.3. The number of β-amino-alcohol motifs (C(OH)–C–C–N with tert-alkyl or cyclic N) is 1. The summed E-state index contributed by atoms with van der Waals surface area (Å²) in [4.78, 5) is 14.1. The highest BCUT2D eigenvalue weighted by Crippen LogP contribution is 2.28. The predicted molar refractivity (Wildman–Crippen MR) is 117 cm³/mol. The van der Waals surface area contributed by atoms with Crippen LogP contribution in [0.4, 0.5) is 5.82 Å². The van der Waals surface area contributed by atoms with E-state index >= 15 is 0 Å². The number of pyridine rings is 1. The summed E-state index contributed by atoms with van der Waals surface area (Å²) in [6, 6.07) is 8.68. The second-order valence-electron chi connectivity index (χ2n) is 8.21. The molecule has 29 heavy (non-hydrogen) atoms. The fraction of sp³-hybridized carbons (Fsp3) is 0.478. The van der Waals surface area contributed by atoms with Crippen molar-refractivity contribution in [1.82, 2.24) is 19.4 Å². The summed E-state index contributed by atoms with van der Waals surface area (Å²) in [5.74, 6) is 2.08. The third kappa shape index (κ3) is 4.43. The Hall–Kier alpha value is -2.44. The molecule has 3 aromatic rings.